The van der Waals surface area contributed by atoms with E-state index in [4.69, 9.17) is 0 Å². The maximum atomic E-state index is 13.2. The van der Waals surface area contributed by atoms with E-state index in [0.29, 0.717) is 18.8 Å². The van der Waals surface area contributed by atoms with Crippen molar-refractivity contribution in [1.82, 2.24) is 14.3 Å². The number of nitrogens with one attached hydrogen (secondary N) is 1. The van der Waals surface area contributed by atoms with Crippen LogP contribution in [0.4, 0.5) is 4.39 Å². The molecule has 2 aromatic carbocycles. The number of para-hydroxylation sites is 2. The third kappa shape index (κ3) is 4.05. The van der Waals surface area contributed by atoms with E-state index < -0.39 is 10.0 Å². The van der Waals surface area contributed by atoms with E-state index in [9.17, 15) is 12.8 Å². The van der Waals surface area contributed by atoms with E-state index in [-0.39, 0.29) is 18.1 Å². The lowest BCUT2D eigenvalue weighted by molar-refractivity contribution is 0.573. The van der Waals surface area contributed by atoms with Crippen LogP contribution in [0, 0.1) is 5.82 Å². The van der Waals surface area contributed by atoms with Gasteiger partial charge >= 0.3 is 0 Å². The first-order valence-corrected chi connectivity index (χ1v) is 9.84. The molecule has 0 spiro atoms. The molecule has 5 nitrogen and oxygen atoms in total. The van der Waals surface area contributed by atoms with Gasteiger partial charge in [-0.15, -0.1) is 0 Å². The highest BCUT2D eigenvalue weighted by atomic mass is 32.2. The summed E-state index contributed by atoms with van der Waals surface area (Å²) in [6.07, 6.45) is 0.574. The molecule has 1 heterocycles. The topological polar surface area (TPSA) is 64.0 Å². The number of hydrogen-bond acceptors (Lipinski definition) is 3. The van der Waals surface area contributed by atoms with E-state index >= 15 is 0 Å². The van der Waals surface area contributed by atoms with Gasteiger partial charge in [-0.1, -0.05) is 19.1 Å². The van der Waals surface area contributed by atoms with E-state index in [2.05, 4.69) is 9.71 Å². The molecule has 0 aliphatic carbocycles. The predicted molar refractivity (Wildman–Crippen MR) is 97.2 cm³/mol. The third-order valence-corrected chi connectivity index (χ3v) is 5.48. The molecule has 7 heteroatoms. The van der Waals surface area contributed by atoms with Crippen LogP contribution in [-0.4, -0.2) is 30.3 Å². The summed E-state index contributed by atoms with van der Waals surface area (Å²) in [7, 11) is -3.25. The second kappa shape index (κ2) is 7.33. The standard InChI is InChI=1S/C18H20FN3O2S/c1-2-13-25(23,24)20-11-12-22-17-6-4-3-5-16(17)21-18(22)14-7-9-15(19)10-8-14/h3-10,20H,2,11-13H2,1H3. The molecule has 3 aromatic rings. The van der Waals surface area contributed by atoms with Crippen molar-refractivity contribution in [2.75, 3.05) is 12.3 Å². The monoisotopic (exact) mass is 361 g/mol. The first-order valence-electron chi connectivity index (χ1n) is 8.19. The number of hydrogen-bond donors (Lipinski definition) is 1. The summed E-state index contributed by atoms with van der Waals surface area (Å²) in [5, 5.41) is 0. The molecular formula is C18H20FN3O2S. The molecule has 0 aliphatic heterocycles. The number of sulfonamides is 1. The van der Waals surface area contributed by atoms with Gasteiger partial charge in [-0.3, -0.25) is 0 Å². The molecule has 1 aromatic heterocycles. The van der Waals surface area contributed by atoms with Crippen molar-refractivity contribution in [1.29, 1.82) is 0 Å². The minimum Gasteiger partial charge on any atom is -0.323 e. The molecule has 0 amide bonds. The summed E-state index contributed by atoms with van der Waals surface area (Å²) in [6.45, 7) is 2.54. The Balaban J connectivity index is 1.92. The zero-order valence-electron chi connectivity index (χ0n) is 13.9. The number of rotatable bonds is 7. The van der Waals surface area contributed by atoms with Gasteiger partial charge in [-0.25, -0.2) is 22.5 Å². The number of benzene rings is 2. The molecule has 0 saturated carbocycles. The van der Waals surface area contributed by atoms with Crippen molar-refractivity contribution < 1.29 is 12.8 Å². The molecule has 0 atom stereocenters. The van der Waals surface area contributed by atoms with Gasteiger partial charge in [0.25, 0.3) is 0 Å². The number of nitrogens with zero attached hydrogens (tertiary/aromatic N) is 2. The third-order valence-electron chi connectivity index (χ3n) is 3.89. The normalized spacial score (nSPS) is 11.9. The Kier molecular flexibility index (Phi) is 5.15. The van der Waals surface area contributed by atoms with Crippen molar-refractivity contribution in [3.05, 3.63) is 54.3 Å². The van der Waals surface area contributed by atoms with Crippen LogP contribution in [-0.2, 0) is 16.6 Å². The molecule has 0 unspecified atom stereocenters. The quantitative estimate of drug-likeness (QED) is 0.703. The fraction of sp³-hybridized carbons (Fsp3) is 0.278. The van der Waals surface area contributed by atoms with Crippen molar-refractivity contribution in [2.45, 2.75) is 19.9 Å². The zero-order valence-corrected chi connectivity index (χ0v) is 14.8. The van der Waals surface area contributed by atoms with Crippen molar-refractivity contribution in [3.8, 4) is 11.4 Å². The van der Waals surface area contributed by atoms with Crippen LogP contribution in [0.5, 0.6) is 0 Å². The van der Waals surface area contributed by atoms with Gasteiger partial charge < -0.3 is 4.57 Å². The van der Waals surface area contributed by atoms with Gasteiger partial charge in [-0.2, -0.15) is 0 Å². The first kappa shape index (κ1) is 17.6. The lowest BCUT2D eigenvalue weighted by atomic mass is 10.2. The maximum absolute atomic E-state index is 13.2. The highest BCUT2D eigenvalue weighted by molar-refractivity contribution is 7.89. The molecule has 0 fully saturated rings. The Morgan fingerprint density at radius 1 is 1.12 bits per heavy atom. The summed E-state index contributed by atoms with van der Waals surface area (Å²) in [5.41, 5.74) is 2.52. The van der Waals surface area contributed by atoms with Crippen LogP contribution in [0.1, 0.15) is 13.3 Å². The average Bonchev–Trinajstić information content (AvgIpc) is 2.94. The van der Waals surface area contributed by atoms with E-state index in [1.54, 1.807) is 12.1 Å². The molecule has 0 aliphatic rings. The average molecular weight is 361 g/mol. The Morgan fingerprint density at radius 3 is 2.56 bits per heavy atom. The predicted octanol–water partition coefficient (Wildman–Crippen LogP) is 3.17. The smallest absolute Gasteiger partial charge is 0.211 e. The SMILES string of the molecule is CCCS(=O)(=O)NCCn1c(-c2ccc(F)cc2)nc2ccccc21. The summed E-state index contributed by atoms with van der Waals surface area (Å²) in [4.78, 5) is 4.63. The van der Waals surface area contributed by atoms with Gasteiger partial charge in [0, 0.05) is 18.7 Å². The molecule has 132 valence electrons. The number of fused-ring (bicyclic) bond motifs is 1. The summed E-state index contributed by atoms with van der Waals surface area (Å²) in [5.74, 6) is 0.498. The fourth-order valence-electron chi connectivity index (χ4n) is 2.78. The zero-order chi connectivity index (χ0) is 17.9. The van der Waals surface area contributed by atoms with Crippen LogP contribution < -0.4 is 4.72 Å². The van der Waals surface area contributed by atoms with Gasteiger partial charge in [-0.05, 0) is 42.8 Å². The van der Waals surface area contributed by atoms with Gasteiger partial charge in [0.2, 0.25) is 10.0 Å². The molecule has 0 radical (unpaired) electrons. The lowest BCUT2D eigenvalue weighted by Gasteiger charge is -2.11. The Bertz CT molecular complexity index is 966. The van der Waals surface area contributed by atoms with Crippen LogP contribution in [0.15, 0.2) is 48.5 Å². The number of imidazole rings is 1. The molecule has 1 N–H and O–H groups in total. The van der Waals surface area contributed by atoms with Crippen LogP contribution in [0.3, 0.4) is 0 Å². The van der Waals surface area contributed by atoms with Gasteiger partial charge in [0.15, 0.2) is 0 Å². The lowest BCUT2D eigenvalue weighted by Crippen LogP contribution is -2.29. The fourth-order valence-corrected chi connectivity index (χ4v) is 3.86. The highest BCUT2D eigenvalue weighted by Crippen LogP contribution is 2.24. The van der Waals surface area contributed by atoms with E-state index in [1.807, 2.05) is 35.8 Å². The first-order chi connectivity index (χ1) is 12.0. The van der Waals surface area contributed by atoms with Crippen LogP contribution >= 0.6 is 0 Å². The summed E-state index contributed by atoms with van der Waals surface area (Å²) < 4.78 is 41.5. The highest BCUT2D eigenvalue weighted by Gasteiger charge is 2.14. The molecule has 3 rings (SSSR count). The number of aromatic nitrogens is 2. The second-order valence-electron chi connectivity index (χ2n) is 5.80. The van der Waals surface area contributed by atoms with Gasteiger partial charge in [0.05, 0.1) is 16.8 Å². The summed E-state index contributed by atoms with van der Waals surface area (Å²) >= 11 is 0. The van der Waals surface area contributed by atoms with E-state index in [0.717, 1.165) is 16.6 Å². The minimum absolute atomic E-state index is 0.114. The minimum atomic E-state index is -3.25. The second-order valence-corrected chi connectivity index (χ2v) is 7.72. The molecule has 25 heavy (non-hydrogen) atoms. The Hall–Kier alpha value is -2.25. The van der Waals surface area contributed by atoms with Crippen molar-refractivity contribution in [3.63, 3.8) is 0 Å². The van der Waals surface area contributed by atoms with Crippen LogP contribution in [0.25, 0.3) is 22.4 Å². The van der Waals surface area contributed by atoms with Crippen molar-refractivity contribution in [2.24, 2.45) is 0 Å². The Labute approximate surface area is 146 Å². The number of halogens is 1. The molecular weight excluding hydrogens is 341 g/mol. The van der Waals surface area contributed by atoms with Gasteiger partial charge in [0.1, 0.15) is 11.6 Å². The summed E-state index contributed by atoms with van der Waals surface area (Å²) in [6, 6.07) is 13.8. The Morgan fingerprint density at radius 2 is 1.84 bits per heavy atom. The largest absolute Gasteiger partial charge is 0.323 e. The van der Waals surface area contributed by atoms with E-state index in [1.165, 1.54) is 12.1 Å². The van der Waals surface area contributed by atoms with Crippen LogP contribution in [0.2, 0.25) is 0 Å². The molecule has 0 saturated heterocycles. The molecule has 0 bridgehead atoms. The van der Waals surface area contributed by atoms with Crippen molar-refractivity contribution >= 4 is 21.1 Å². The maximum Gasteiger partial charge on any atom is 0.211 e.